The molecular formula is C16H23ClN2O. The first-order valence-corrected chi connectivity index (χ1v) is 7.50. The van der Waals surface area contributed by atoms with E-state index in [1.807, 2.05) is 18.2 Å². The lowest BCUT2D eigenvalue weighted by atomic mass is 10.1. The van der Waals surface area contributed by atoms with E-state index in [1.54, 1.807) is 0 Å². The van der Waals surface area contributed by atoms with Gasteiger partial charge in [0.25, 0.3) is 0 Å². The molecule has 0 aliphatic rings. The van der Waals surface area contributed by atoms with Gasteiger partial charge in [-0.2, -0.15) is 5.26 Å². The molecule has 0 heterocycles. The van der Waals surface area contributed by atoms with Gasteiger partial charge < -0.3 is 10.1 Å². The zero-order chi connectivity index (χ0) is 14.8. The van der Waals surface area contributed by atoms with Gasteiger partial charge in [-0.25, -0.2) is 0 Å². The molecule has 0 unspecified atom stereocenters. The van der Waals surface area contributed by atoms with E-state index in [4.69, 9.17) is 21.6 Å². The zero-order valence-electron chi connectivity index (χ0n) is 12.3. The molecule has 0 bridgehead atoms. The third kappa shape index (κ3) is 6.27. The highest BCUT2D eigenvalue weighted by atomic mass is 35.5. The van der Waals surface area contributed by atoms with E-state index in [0.717, 1.165) is 35.7 Å². The minimum absolute atomic E-state index is 0.585. The quantitative estimate of drug-likeness (QED) is 0.696. The van der Waals surface area contributed by atoms with E-state index in [0.29, 0.717) is 25.5 Å². The summed E-state index contributed by atoms with van der Waals surface area (Å²) in [6.45, 7) is 6.63. The Bertz CT molecular complexity index is 441. The summed E-state index contributed by atoms with van der Waals surface area (Å²) in [6, 6.07) is 7.87. The highest BCUT2D eigenvalue weighted by Gasteiger charge is 2.08. The molecule has 0 aliphatic heterocycles. The topological polar surface area (TPSA) is 45.0 Å². The minimum Gasteiger partial charge on any atom is -0.493 e. The first-order valence-electron chi connectivity index (χ1n) is 7.13. The zero-order valence-corrected chi connectivity index (χ0v) is 13.0. The van der Waals surface area contributed by atoms with Crippen LogP contribution in [0, 0.1) is 17.2 Å². The summed E-state index contributed by atoms with van der Waals surface area (Å²) in [6.07, 6.45) is 2.35. The fourth-order valence-electron chi connectivity index (χ4n) is 1.82. The van der Waals surface area contributed by atoms with E-state index < -0.39 is 0 Å². The van der Waals surface area contributed by atoms with Crippen LogP contribution in [0.3, 0.4) is 0 Å². The van der Waals surface area contributed by atoms with Crippen molar-refractivity contribution >= 4 is 11.6 Å². The van der Waals surface area contributed by atoms with Crippen LogP contribution in [0.15, 0.2) is 18.2 Å². The maximum absolute atomic E-state index is 8.49. The van der Waals surface area contributed by atoms with Gasteiger partial charge in [-0.05, 0) is 37.4 Å². The van der Waals surface area contributed by atoms with Crippen LogP contribution in [0.2, 0.25) is 5.02 Å². The van der Waals surface area contributed by atoms with Gasteiger partial charge in [0.05, 0.1) is 12.7 Å². The normalized spacial score (nSPS) is 10.6. The van der Waals surface area contributed by atoms with Crippen LogP contribution in [0.1, 0.15) is 38.7 Å². The summed E-state index contributed by atoms with van der Waals surface area (Å²) in [4.78, 5) is 0. The van der Waals surface area contributed by atoms with E-state index >= 15 is 0 Å². The van der Waals surface area contributed by atoms with Crippen LogP contribution in [0.25, 0.3) is 0 Å². The van der Waals surface area contributed by atoms with Gasteiger partial charge in [-0.3, -0.25) is 0 Å². The Kier molecular flexibility index (Phi) is 8.10. The Labute approximate surface area is 126 Å². The standard InChI is InChI=1S/C16H23ClN2O/c1-13(2)11-19-12-14-15(17)7-6-8-16(14)20-10-5-3-4-9-18/h6-8,13,19H,3-5,10-12H2,1-2H3. The lowest BCUT2D eigenvalue weighted by molar-refractivity contribution is 0.303. The van der Waals surface area contributed by atoms with Crippen molar-refractivity contribution in [2.45, 2.75) is 39.7 Å². The predicted molar refractivity (Wildman–Crippen MR) is 83.0 cm³/mol. The molecule has 1 rings (SSSR count). The number of nitrogens with zero attached hydrogens (tertiary/aromatic N) is 1. The molecule has 1 aromatic rings. The monoisotopic (exact) mass is 294 g/mol. The summed E-state index contributed by atoms with van der Waals surface area (Å²) >= 11 is 6.24. The molecule has 0 aliphatic carbocycles. The SMILES string of the molecule is CC(C)CNCc1c(Cl)cccc1OCCCCC#N. The molecule has 1 N–H and O–H groups in total. The van der Waals surface area contributed by atoms with Gasteiger partial charge in [0.1, 0.15) is 5.75 Å². The Morgan fingerprint density at radius 2 is 2.15 bits per heavy atom. The van der Waals surface area contributed by atoms with Crippen LogP contribution in [0.4, 0.5) is 0 Å². The van der Waals surface area contributed by atoms with Crippen molar-refractivity contribution in [1.82, 2.24) is 5.32 Å². The Morgan fingerprint density at radius 1 is 1.35 bits per heavy atom. The predicted octanol–water partition coefficient (Wildman–Crippen LogP) is 4.16. The van der Waals surface area contributed by atoms with Crippen molar-refractivity contribution in [2.75, 3.05) is 13.2 Å². The molecule has 0 saturated heterocycles. The Hall–Kier alpha value is -1.24. The molecule has 0 aromatic heterocycles. The molecule has 4 heteroatoms. The van der Waals surface area contributed by atoms with Gasteiger partial charge in [0.15, 0.2) is 0 Å². The number of unbranched alkanes of at least 4 members (excludes halogenated alkanes) is 2. The molecule has 1 aromatic carbocycles. The van der Waals surface area contributed by atoms with Crippen molar-refractivity contribution in [3.8, 4) is 11.8 Å². The van der Waals surface area contributed by atoms with Crippen LogP contribution >= 0.6 is 11.6 Å². The minimum atomic E-state index is 0.585. The number of benzene rings is 1. The number of nitrogens with one attached hydrogen (secondary N) is 1. The van der Waals surface area contributed by atoms with Gasteiger partial charge in [0.2, 0.25) is 0 Å². The van der Waals surface area contributed by atoms with Crippen LogP contribution in [-0.4, -0.2) is 13.2 Å². The molecular weight excluding hydrogens is 272 g/mol. The maximum atomic E-state index is 8.49. The summed E-state index contributed by atoms with van der Waals surface area (Å²) < 4.78 is 5.79. The lowest BCUT2D eigenvalue weighted by Crippen LogP contribution is -2.19. The fraction of sp³-hybridized carbons (Fsp3) is 0.562. The first kappa shape index (κ1) is 16.8. The highest BCUT2D eigenvalue weighted by molar-refractivity contribution is 6.31. The first-order chi connectivity index (χ1) is 9.65. The summed E-state index contributed by atoms with van der Waals surface area (Å²) in [7, 11) is 0. The molecule has 20 heavy (non-hydrogen) atoms. The second kappa shape index (κ2) is 9.63. The van der Waals surface area contributed by atoms with E-state index in [9.17, 15) is 0 Å². The van der Waals surface area contributed by atoms with Gasteiger partial charge >= 0.3 is 0 Å². The molecule has 0 radical (unpaired) electrons. The van der Waals surface area contributed by atoms with E-state index in [-0.39, 0.29) is 0 Å². The van der Waals surface area contributed by atoms with E-state index in [1.165, 1.54) is 0 Å². The smallest absolute Gasteiger partial charge is 0.125 e. The van der Waals surface area contributed by atoms with Crippen molar-refractivity contribution < 1.29 is 4.74 Å². The average molecular weight is 295 g/mol. The van der Waals surface area contributed by atoms with Crippen LogP contribution < -0.4 is 10.1 Å². The van der Waals surface area contributed by atoms with Gasteiger partial charge in [0, 0.05) is 23.6 Å². The number of hydrogen-bond acceptors (Lipinski definition) is 3. The molecule has 0 fully saturated rings. The largest absolute Gasteiger partial charge is 0.493 e. The van der Waals surface area contributed by atoms with Crippen molar-refractivity contribution in [2.24, 2.45) is 5.92 Å². The number of halogens is 1. The molecule has 110 valence electrons. The van der Waals surface area contributed by atoms with E-state index in [2.05, 4.69) is 25.2 Å². The number of nitriles is 1. The maximum Gasteiger partial charge on any atom is 0.125 e. The summed E-state index contributed by atoms with van der Waals surface area (Å²) in [5.74, 6) is 1.44. The number of rotatable bonds is 9. The molecule has 0 amide bonds. The van der Waals surface area contributed by atoms with Crippen molar-refractivity contribution in [3.05, 3.63) is 28.8 Å². The summed E-state index contributed by atoms with van der Waals surface area (Å²) in [5.41, 5.74) is 1.01. The van der Waals surface area contributed by atoms with Gasteiger partial charge in [-0.15, -0.1) is 0 Å². The highest BCUT2D eigenvalue weighted by Crippen LogP contribution is 2.26. The third-order valence-electron chi connectivity index (χ3n) is 2.87. The lowest BCUT2D eigenvalue weighted by Gasteiger charge is -2.14. The van der Waals surface area contributed by atoms with Gasteiger partial charge in [-0.1, -0.05) is 31.5 Å². The Morgan fingerprint density at radius 3 is 2.85 bits per heavy atom. The Balaban J connectivity index is 2.52. The fourth-order valence-corrected chi connectivity index (χ4v) is 2.05. The molecule has 0 spiro atoms. The third-order valence-corrected chi connectivity index (χ3v) is 3.22. The average Bonchev–Trinajstić information content (AvgIpc) is 2.41. The van der Waals surface area contributed by atoms with Crippen LogP contribution in [-0.2, 0) is 6.54 Å². The molecule has 0 atom stereocenters. The number of hydrogen-bond donors (Lipinski definition) is 1. The van der Waals surface area contributed by atoms with Crippen molar-refractivity contribution in [3.63, 3.8) is 0 Å². The molecule has 3 nitrogen and oxygen atoms in total. The second-order valence-electron chi connectivity index (χ2n) is 5.20. The summed E-state index contributed by atoms with van der Waals surface area (Å²) in [5, 5.41) is 12.6. The molecule has 0 saturated carbocycles. The van der Waals surface area contributed by atoms with Crippen LogP contribution in [0.5, 0.6) is 5.75 Å². The number of ether oxygens (including phenoxy) is 1. The van der Waals surface area contributed by atoms with Crippen molar-refractivity contribution in [1.29, 1.82) is 5.26 Å². The second-order valence-corrected chi connectivity index (χ2v) is 5.61.